The standard InChI is InChI=1S/C54H69NO5/c1-2-3-5-17-44-34-42(24-25-51(44)57)48-32-38-13-12-19-46(31-38)54(28-26-43-33-41-16-8-10-20-47(41)52(58)49(43)35-54)50(53(59)60)21-11-9-15-39(48)14-6-4-7-18-45(36-56)40-23-22-37(30-40)27-29-55/h8-13,16,19-20,24-25,30-31,33-34,36,39-40,43,45,48-50,57-58H,2-7,14-15,17-18,21-23,26-29,32,35,55H2,1H3,(H,59,60)/t39-,40+,43-,45+,48-,49+,50+,54+/m0/s1. The highest BCUT2D eigenvalue weighted by Crippen LogP contribution is 2.53. The summed E-state index contributed by atoms with van der Waals surface area (Å²) in [7, 11) is 0. The number of fused-ring (bicyclic) bond motifs is 5. The Morgan fingerprint density at radius 3 is 2.57 bits per heavy atom. The van der Waals surface area contributed by atoms with E-state index < -0.39 is 17.3 Å². The van der Waals surface area contributed by atoms with E-state index in [1.807, 2.05) is 24.3 Å². The van der Waals surface area contributed by atoms with Crippen molar-refractivity contribution in [1.29, 1.82) is 0 Å². The van der Waals surface area contributed by atoms with E-state index in [1.54, 1.807) is 0 Å². The zero-order valence-electron chi connectivity index (χ0n) is 35.9. The Labute approximate surface area is 358 Å². The second kappa shape index (κ2) is 20.4. The zero-order chi connectivity index (χ0) is 42.1. The van der Waals surface area contributed by atoms with Crippen LogP contribution in [0.25, 0.3) is 11.8 Å². The van der Waals surface area contributed by atoms with Crippen molar-refractivity contribution in [3.63, 3.8) is 0 Å². The van der Waals surface area contributed by atoms with Crippen molar-refractivity contribution in [1.82, 2.24) is 0 Å². The number of aliphatic hydroxyl groups excluding tert-OH is 1. The normalized spacial score (nSPS) is 26.8. The molecule has 0 amide bonds. The molecule has 0 saturated heterocycles. The Morgan fingerprint density at radius 2 is 1.75 bits per heavy atom. The lowest BCUT2D eigenvalue weighted by atomic mass is 9.55. The number of aliphatic carboxylic acids is 1. The third-order valence-corrected chi connectivity index (χ3v) is 15.1. The summed E-state index contributed by atoms with van der Waals surface area (Å²) in [6.07, 6.45) is 26.8. The Morgan fingerprint density at radius 1 is 0.900 bits per heavy atom. The van der Waals surface area contributed by atoms with E-state index in [-0.39, 0.29) is 23.7 Å². The van der Waals surface area contributed by atoms with Crippen LogP contribution in [0.15, 0.2) is 90.5 Å². The first-order valence-electron chi connectivity index (χ1n) is 23.4. The van der Waals surface area contributed by atoms with Gasteiger partial charge in [-0.25, -0.2) is 0 Å². The van der Waals surface area contributed by atoms with E-state index in [0.29, 0.717) is 42.7 Å². The molecule has 0 heterocycles. The maximum Gasteiger partial charge on any atom is 0.307 e. The Balaban J connectivity index is 1.18. The number of carbonyl (C=O) groups is 2. The third-order valence-electron chi connectivity index (χ3n) is 15.1. The highest BCUT2D eigenvalue weighted by Gasteiger charge is 2.50. The highest BCUT2D eigenvalue weighted by molar-refractivity contribution is 5.73. The molecule has 0 aliphatic heterocycles. The number of carboxylic acids is 1. The number of aryl methyl sites for hydroxylation is 1. The van der Waals surface area contributed by atoms with Gasteiger partial charge in [0.15, 0.2) is 0 Å². The van der Waals surface area contributed by atoms with Gasteiger partial charge in [0.1, 0.15) is 17.8 Å². The number of hydrogen-bond donors (Lipinski definition) is 4. The van der Waals surface area contributed by atoms with E-state index in [1.165, 1.54) is 23.0 Å². The Hall–Kier alpha value is -4.42. The molecule has 320 valence electrons. The molecular formula is C54H69NO5. The minimum atomic E-state index is -0.772. The molecule has 6 nitrogen and oxygen atoms in total. The van der Waals surface area contributed by atoms with Crippen molar-refractivity contribution in [2.75, 3.05) is 6.54 Å². The molecule has 3 aromatic rings. The molecule has 3 aromatic carbocycles. The number of rotatable bonds is 16. The Kier molecular flexibility index (Phi) is 14.9. The molecule has 6 heteroatoms. The van der Waals surface area contributed by atoms with Gasteiger partial charge >= 0.3 is 5.97 Å². The van der Waals surface area contributed by atoms with Gasteiger partial charge in [0.05, 0.1) is 5.92 Å². The molecular weight excluding hydrogens is 743 g/mol. The molecule has 0 radical (unpaired) electrons. The minimum Gasteiger partial charge on any atom is -0.511 e. The van der Waals surface area contributed by atoms with Gasteiger partial charge < -0.3 is 25.8 Å². The van der Waals surface area contributed by atoms with Crippen LogP contribution in [0, 0.1) is 35.5 Å². The first-order chi connectivity index (χ1) is 29.2. The lowest BCUT2D eigenvalue weighted by Gasteiger charge is -2.48. The number of unbranched alkanes of at least 4 members (excludes halogenated alkanes) is 4. The monoisotopic (exact) mass is 812 g/mol. The molecule has 5 N–H and O–H groups in total. The molecule has 2 bridgehead atoms. The molecule has 0 unspecified atom stereocenters. The van der Waals surface area contributed by atoms with E-state index in [9.17, 15) is 24.9 Å². The number of phenolic OH excluding ortho intramolecular Hbond substituents is 1. The van der Waals surface area contributed by atoms with Crippen LogP contribution in [-0.4, -0.2) is 34.1 Å². The number of aldehydes is 1. The number of aliphatic hydroxyl groups is 1. The molecule has 60 heavy (non-hydrogen) atoms. The summed E-state index contributed by atoms with van der Waals surface area (Å²) in [4.78, 5) is 25.7. The van der Waals surface area contributed by atoms with Crippen LogP contribution in [0.2, 0.25) is 0 Å². The summed E-state index contributed by atoms with van der Waals surface area (Å²) in [5.41, 5.74) is 11.1. The SMILES string of the molecule is CCCCCc1cc([C@H]2Cc3cccc(c3)[C@]3(CC[C@H]4C=c5ccccc5=C(O)[C@@H]4C3)[C@@H](C(=O)O)CC=CC[C@@H]2CCCCC[C@H](C=O)[C@H]2C=C(CCN)CC2)ccc1O. The van der Waals surface area contributed by atoms with Crippen molar-refractivity contribution in [3.8, 4) is 5.75 Å². The van der Waals surface area contributed by atoms with Crippen LogP contribution in [0.1, 0.15) is 138 Å². The molecule has 4 aliphatic rings. The van der Waals surface area contributed by atoms with Crippen LogP contribution in [0.5, 0.6) is 5.75 Å². The van der Waals surface area contributed by atoms with E-state index in [2.05, 4.69) is 73.7 Å². The fourth-order valence-electron chi connectivity index (χ4n) is 11.7. The Bertz CT molecular complexity index is 2130. The van der Waals surface area contributed by atoms with Crippen LogP contribution in [0.4, 0.5) is 0 Å². The predicted molar refractivity (Wildman–Crippen MR) is 243 cm³/mol. The van der Waals surface area contributed by atoms with Gasteiger partial charge in [-0.15, -0.1) is 0 Å². The third kappa shape index (κ3) is 9.86. The smallest absolute Gasteiger partial charge is 0.307 e. The maximum absolute atomic E-state index is 13.5. The molecule has 4 aliphatic carbocycles. The van der Waals surface area contributed by atoms with Gasteiger partial charge in [-0.3, -0.25) is 4.79 Å². The number of carboxylic acid groups (broad SMARTS) is 1. The number of hydrogen-bond acceptors (Lipinski definition) is 5. The van der Waals surface area contributed by atoms with Crippen LogP contribution >= 0.6 is 0 Å². The molecule has 0 aromatic heterocycles. The quantitative estimate of drug-likeness (QED) is 0.0650. The van der Waals surface area contributed by atoms with Crippen molar-refractivity contribution < 1.29 is 24.9 Å². The fraction of sp³-hybridized carbons (Fsp3) is 0.519. The van der Waals surface area contributed by atoms with Gasteiger partial charge in [-0.2, -0.15) is 0 Å². The molecule has 8 atom stereocenters. The fourth-order valence-corrected chi connectivity index (χ4v) is 11.7. The molecule has 1 spiro atoms. The van der Waals surface area contributed by atoms with E-state index in [4.69, 9.17) is 5.73 Å². The number of benzene rings is 3. The number of phenols is 1. The predicted octanol–water partition coefficient (Wildman–Crippen LogP) is 10.4. The van der Waals surface area contributed by atoms with E-state index in [0.717, 1.165) is 124 Å². The summed E-state index contributed by atoms with van der Waals surface area (Å²) in [5.74, 6) is 0.333. The molecule has 1 saturated carbocycles. The first kappa shape index (κ1) is 43.7. The minimum absolute atomic E-state index is 0.0714. The molecule has 1 fully saturated rings. The van der Waals surface area contributed by atoms with Crippen LogP contribution in [-0.2, 0) is 27.8 Å². The second-order valence-corrected chi connectivity index (χ2v) is 18.8. The highest BCUT2D eigenvalue weighted by atomic mass is 16.4. The lowest BCUT2D eigenvalue weighted by molar-refractivity contribution is -0.145. The average Bonchev–Trinajstić information content (AvgIpc) is 3.72. The number of aromatic hydroxyl groups is 1. The lowest BCUT2D eigenvalue weighted by Crippen LogP contribution is -2.48. The van der Waals surface area contributed by atoms with Gasteiger partial charge in [-0.05, 0) is 147 Å². The van der Waals surface area contributed by atoms with Crippen LogP contribution in [0.3, 0.4) is 0 Å². The van der Waals surface area contributed by atoms with Crippen molar-refractivity contribution in [2.24, 2.45) is 41.2 Å². The van der Waals surface area contributed by atoms with Crippen LogP contribution < -0.4 is 16.2 Å². The topological polar surface area (TPSA) is 121 Å². The number of carbonyl (C=O) groups excluding carboxylic acids is 1. The van der Waals surface area contributed by atoms with Gasteiger partial charge in [0, 0.05) is 22.5 Å². The van der Waals surface area contributed by atoms with Crippen molar-refractivity contribution >= 4 is 24.1 Å². The average molecular weight is 812 g/mol. The summed E-state index contributed by atoms with van der Waals surface area (Å²) >= 11 is 0. The second-order valence-electron chi connectivity index (χ2n) is 18.8. The van der Waals surface area contributed by atoms with E-state index >= 15 is 0 Å². The molecule has 7 rings (SSSR count). The maximum atomic E-state index is 13.5. The zero-order valence-corrected chi connectivity index (χ0v) is 35.9. The van der Waals surface area contributed by atoms with Gasteiger partial charge in [0.25, 0.3) is 0 Å². The summed E-state index contributed by atoms with van der Waals surface area (Å²) < 4.78 is 0. The summed E-state index contributed by atoms with van der Waals surface area (Å²) in [6.45, 7) is 2.87. The number of nitrogens with two attached hydrogens (primary N) is 1. The summed E-state index contributed by atoms with van der Waals surface area (Å²) in [5, 5.41) is 35.8. The number of allylic oxidation sites excluding steroid dienone is 3. The van der Waals surface area contributed by atoms with Gasteiger partial charge in [0.2, 0.25) is 0 Å². The summed E-state index contributed by atoms with van der Waals surface area (Å²) in [6, 6.07) is 23.2. The van der Waals surface area contributed by atoms with Gasteiger partial charge in [-0.1, -0.05) is 130 Å². The first-order valence-corrected chi connectivity index (χ1v) is 23.4. The van der Waals surface area contributed by atoms with Crippen molar-refractivity contribution in [3.05, 3.63) is 123 Å². The largest absolute Gasteiger partial charge is 0.511 e. The van der Waals surface area contributed by atoms with Crippen molar-refractivity contribution in [2.45, 2.75) is 134 Å².